The molecular formula is C26H24ClN3O7S. The first-order valence-electron chi connectivity index (χ1n) is 11.6. The molecule has 0 radical (unpaired) electrons. The van der Waals surface area contributed by atoms with Crippen molar-refractivity contribution in [2.75, 3.05) is 20.3 Å². The Morgan fingerprint density at radius 3 is 2.68 bits per heavy atom. The number of para-hydroxylation sites is 1. The van der Waals surface area contributed by atoms with Crippen molar-refractivity contribution in [1.29, 1.82) is 0 Å². The summed E-state index contributed by atoms with van der Waals surface area (Å²) in [6, 6.07) is 8.60. The van der Waals surface area contributed by atoms with E-state index in [-0.39, 0.29) is 27.4 Å². The average molecular weight is 558 g/mol. The van der Waals surface area contributed by atoms with Gasteiger partial charge in [0.15, 0.2) is 16.3 Å². The second kappa shape index (κ2) is 11.2. The molecule has 1 atom stereocenters. The Hall–Kier alpha value is -3.96. The van der Waals surface area contributed by atoms with E-state index in [1.807, 2.05) is 6.92 Å². The summed E-state index contributed by atoms with van der Waals surface area (Å²) in [6.45, 7) is 5.65. The van der Waals surface area contributed by atoms with Crippen LogP contribution in [0, 0.1) is 10.1 Å². The van der Waals surface area contributed by atoms with Gasteiger partial charge in [0.25, 0.3) is 11.2 Å². The number of carbonyl (C=O) groups excluding carboxylic acids is 1. The number of thiazole rings is 1. The molecule has 0 aliphatic carbocycles. The molecule has 0 saturated heterocycles. The molecule has 1 aromatic heterocycles. The molecule has 12 heteroatoms. The van der Waals surface area contributed by atoms with Gasteiger partial charge in [0.05, 0.1) is 41.0 Å². The SMILES string of the molecule is CCOC(=O)C1=C(C)N=c2s/c(=C/c3ccc(Cl)c([N+](=O)[O-])c3)c(=O)n2[C@H]1c1cccc(OC)c1OCC. The van der Waals surface area contributed by atoms with E-state index in [1.54, 1.807) is 38.1 Å². The molecule has 0 saturated carbocycles. The summed E-state index contributed by atoms with van der Waals surface area (Å²) in [5, 5.41) is 11.3. The fourth-order valence-electron chi connectivity index (χ4n) is 4.20. The van der Waals surface area contributed by atoms with E-state index < -0.39 is 22.5 Å². The maximum absolute atomic E-state index is 13.8. The van der Waals surface area contributed by atoms with Crippen molar-refractivity contribution >= 4 is 40.7 Å². The van der Waals surface area contributed by atoms with Gasteiger partial charge in [-0.1, -0.05) is 41.1 Å². The molecule has 198 valence electrons. The minimum atomic E-state index is -0.913. The molecular weight excluding hydrogens is 534 g/mol. The van der Waals surface area contributed by atoms with Gasteiger partial charge in [-0.05, 0) is 44.5 Å². The molecule has 0 unspecified atom stereocenters. The van der Waals surface area contributed by atoms with Crippen molar-refractivity contribution < 1.29 is 23.9 Å². The van der Waals surface area contributed by atoms with Gasteiger partial charge < -0.3 is 14.2 Å². The lowest BCUT2D eigenvalue weighted by Gasteiger charge is -2.26. The number of ether oxygens (including phenoxy) is 3. The highest BCUT2D eigenvalue weighted by atomic mass is 35.5. The van der Waals surface area contributed by atoms with Crippen molar-refractivity contribution in [2.24, 2.45) is 4.99 Å². The van der Waals surface area contributed by atoms with Crippen LogP contribution in [0.5, 0.6) is 11.5 Å². The molecule has 0 N–H and O–H groups in total. The molecule has 1 aliphatic rings. The minimum Gasteiger partial charge on any atom is -0.493 e. The molecule has 38 heavy (non-hydrogen) atoms. The van der Waals surface area contributed by atoms with Crippen LogP contribution >= 0.6 is 22.9 Å². The van der Waals surface area contributed by atoms with Crippen LogP contribution in [0.2, 0.25) is 5.02 Å². The van der Waals surface area contributed by atoms with E-state index in [0.717, 1.165) is 11.3 Å². The summed E-state index contributed by atoms with van der Waals surface area (Å²) in [4.78, 5) is 42.6. The van der Waals surface area contributed by atoms with E-state index in [9.17, 15) is 19.7 Å². The summed E-state index contributed by atoms with van der Waals surface area (Å²) >= 11 is 7.04. The van der Waals surface area contributed by atoms with Crippen molar-refractivity contribution in [1.82, 2.24) is 4.57 Å². The molecule has 3 aromatic rings. The number of allylic oxidation sites excluding steroid dienone is 1. The molecule has 10 nitrogen and oxygen atoms in total. The van der Waals surface area contributed by atoms with E-state index in [4.69, 9.17) is 25.8 Å². The largest absolute Gasteiger partial charge is 0.493 e. The number of halogens is 1. The summed E-state index contributed by atoms with van der Waals surface area (Å²) in [5.41, 5.74) is 0.829. The zero-order valence-corrected chi connectivity index (χ0v) is 22.6. The number of nitro groups is 1. The second-order valence-corrected chi connectivity index (χ2v) is 9.50. The van der Waals surface area contributed by atoms with Gasteiger partial charge in [0, 0.05) is 11.6 Å². The molecule has 0 amide bonds. The van der Waals surface area contributed by atoms with Crippen LogP contribution in [0.15, 0.2) is 57.5 Å². The van der Waals surface area contributed by atoms with Gasteiger partial charge in [0.1, 0.15) is 11.1 Å². The third kappa shape index (κ3) is 4.94. The number of esters is 1. The first-order chi connectivity index (χ1) is 18.2. The third-order valence-electron chi connectivity index (χ3n) is 5.79. The monoisotopic (exact) mass is 557 g/mol. The molecule has 2 aromatic carbocycles. The molecule has 2 heterocycles. The number of nitrogens with zero attached hydrogens (tertiary/aromatic N) is 3. The highest BCUT2D eigenvalue weighted by Gasteiger charge is 2.36. The summed E-state index contributed by atoms with van der Waals surface area (Å²) in [6.07, 6.45) is 1.53. The third-order valence-corrected chi connectivity index (χ3v) is 7.10. The maximum Gasteiger partial charge on any atom is 0.338 e. The number of hydrogen-bond acceptors (Lipinski definition) is 9. The highest BCUT2D eigenvalue weighted by molar-refractivity contribution is 7.07. The normalized spacial score (nSPS) is 15.1. The number of carbonyl (C=O) groups is 1. The van der Waals surface area contributed by atoms with Crippen molar-refractivity contribution in [2.45, 2.75) is 26.8 Å². The first-order valence-corrected chi connectivity index (χ1v) is 12.8. The zero-order valence-electron chi connectivity index (χ0n) is 21.0. The lowest BCUT2D eigenvalue weighted by atomic mass is 9.94. The second-order valence-electron chi connectivity index (χ2n) is 8.08. The van der Waals surface area contributed by atoms with E-state index in [1.165, 1.54) is 29.9 Å². The topological polar surface area (TPSA) is 122 Å². The van der Waals surface area contributed by atoms with Crippen LogP contribution in [0.1, 0.15) is 37.9 Å². The fourth-order valence-corrected chi connectivity index (χ4v) is 5.44. The van der Waals surface area contributed by atoms with Gasteiger partial charge in [-0.3, -0.25) is 19.5 Å². The Kier molecular flexibility index (Phi) is 7.98. The number of benzene rings is 2. The van der Waals surface area contributed by atoms with Gasteiger partial charge in [-0.15, -0.1) is 0 Å². The van der Waals surface area contributed by atoms with E-state index >= 15 is 0 Å². The van der Waals surface area contributed by atoms with Gasteiger partial charge in [-0.2, -0.15) is 0 Å². The number of nitro benzene ring substituents is 1. The summed E-state index contributed by atoms with van der Waals surface area (Å²) in [7, 11) is 1.51. The maximum atomic E-state index is 13.8. The van der Waals surface area contributed by atoms with Gasteiger partial charge >= 0.3 is 5.97 Å². The lowest BCUT2D eigenvalue weighted by Crippen LogP contribution is -2.40. The van der Waals surface area contributed by atoms with Crippen LogP contribution in [0.25, 0.3) is 6.08 Å². The predicted octanol–water partition coefficient (Wildman–Crippen LogP) is 3.77. The quantitative estimate of drug-likeness (QED) is 0.235. The standard InChI is InChI=1S/C26H24ClN3O7S/c1-5-36-23-16(8-7-9-19(23)35-4)22-21(25(32)37-6-2)14(3)28-26-29(22)24(31)20(38-26)13-15-10-11-17(27)18(12-15)30(33)34/h7-13,22H,5-6H2,1-4H3/b20-13+/t22-/m0/s1. The van der Waals surface area contributed by atoms with Gasteiger partial charge in [0.2, 0.25) is 0 Å². The number of rotatable bonds is 8. The Balaban J connectivity index is 2.01. The van der Waals surface area contributed by atoms with Crippen molar-refractivity contribution in [3.05, 3.63) is 93.6 Å². The minimum absolute atomic E-state index is 0.00945. The highest BCUT2D eigenvalue weighted by Crippen LogP contribution is 2.40. The number of methoxy groups -OCH3 is 1. The predicted molar refractivity (Wildman–Crippen MR) is 143 cm³/mol. The van der Waals surface area contributed by atoms with Crippen molar-refractivity contribution in [3.63, 3.8) is 0 Å². The number of hydrogen-bond donors (Lipinski definition) is 0. The van der Waals surface area contributed by atoms with Crippen molar-refractivity contribution in [3.8, 4) is 11.5 Å². The summed E-state index contributed by atoms with van der Waals surface area (Å²) in [5.74, 6) is 0.228. The summed E-state index contributed by atoms with van der Waals surface area (Å²) < 4.78 is 18.4. The Morgan fingerprint density at radius 2 is 2.03 bits per heavy atom. The van der Waals surface area contributed by atoms with Crippen LogP contribution in [-0.2, 0) is 9.53 Å². The number of aromatic nitrogens is 1. The zero-order chi connectivity index (χ0) is 27.6. The van der Waals surface area contributed by atoms with Crippen LogP contribution in [0.4, 0.5) is 5.69 Å². The van der Waals surface area contributed by atoms with Crippen LogP contribution in [0.3, 0.4) is 0 Å². The molecule has 1 aliphatic heterocycles. The smallest absolute Gasteiger partial charge is 0.338 e. The molecule has 0 spiro atoms. The first kappa shape index (κ1) is 27.1. The average Bonchev–Trinajstić information content (AvgIpc) is 3.18. The Bertz CT molecular complexity index is 1640. The van der Waals surface area contributed by atoms with Gasteiger partial charge in [-0.25, -0.2) is 9.79 Å². The molecule has 4 rings (SSSR count). The lowest BCUT2D eigenvalue weighted by molar-refractivity contribution is -0.384. The Labute approximate surface area is 226 Å². The van der Waals surface area contributed by atoms with E-state index in [2.05, 4.69) is 4.99 Å². The Morgan fingerprint density at radius 1 is 1.26 bits per heavy atom. The molecule has 0 fully saturated rings. The van der Waals surface area contributed by atoms with Crippen LogP contribution in [-0.4, -0.2) is 35.8 Å². The van der Waals surface area contributed by atoms with E-state index in [0.29, 0.717) is 39.7 Å². The molecule has 0 bridgehead atoms. The number of fused-ring (bicyclic) bond motifs is 1. The fraction of sp³-hybridized carbons (Fsp3) is 0.269. The van der Waals surface area contributed by atoms with Crippen LogP contribution < -0.4 is 24.4 Å².